The Morgan fingerprint density at radius 3 is 1.12 bits per heavy atom. The minimum atomic E-state index is -0.131. The zero-order valence-electron chi connectivity index (χ0n) is 42.7. The number of aromatic nitrogens is 2. The molecule has 6 heteroatoms. The molecule has 4 aliphatic heterocycles. The molecule has 0 N–H and O–H groups in total. The fourth-order valence-corrected chi connectivity index (χ4v) is 13.3. The van der Waals surface area contributed by atoms with Crippen LogP contribution in [0.15, 0.2) is 146 Å². The third-order valence-electron chi connectivity index (χ3n) is 16.7. The van der Waals surface area contributed by atoms with Gasteiger partial charge in [0.2, 0.25) is 0 Å². The molecule has 0 saturated carbocycles. The molecule has 0 atom stereocenters. The SMILES string of the molecule is Cc1ccc2c(c1)c1cc(C)cc3c1n2-c1c2c4c(c5c1B3c1ccc(-c3ccc(C(C)(C)C)cc3)cc1O5)-n1c3ccc(C)cc3c3cc(C)cc(c31)B4c1ccc(-c3ccc(C(C)(C)C)cc3)cc1O2. The molecular weight excluding hydrogens is 874 g/mol. The number of ether oxygens (including phenoxy) is 2. The largest absolute Gasteiger partial charge is 0.456 e. The molecule has 0 amide bonds. The van der Waals surface area contributed by atoms with Gasteiger partial charge in [0.05, 0.1) is 22.4 Å². The summed E-state index contributed by atoms with van der Waals surface area (Å²) in [5.74, 6) is 3.62. The van der Waals surface area contributed by atoms with Crippen molar-refractivity contribution in [3.63, 3.8) is 0 Å². The predicted octanol–water partition coefficient (Wildman–Crippen LogP) is 12.9. The number of rotatable bonds is 2. The molecular formula is C66H54B2N2O2. The number of benzene rings is 9. The minimum absolute atomic E-state index is 0.0630. The lowest BCUT2D eigenvalue weighted by Crippen LogP contribution is -2.63. The summed E-state index contributed by atoms with van der Waals surface area (Å²) in [5.41, 5.74) is 26.6. The van der Waals surface area contributed by atoms with E-state index in [0.717, 1.165) is 56.4 Å². The third kappa shape index (κ3) is 5.61. The monoisotopic (exact) mass is 928 g/mol. The van der Waals surface area contributed by atoms with E-state index in [-0.39, 0.29) is 24.3 Å². The van der Waals surface area contributed by atoms with Crippen LogP contribution in [-0.4, -0.2) is 22.6 Å². The molecule has 9 aromatic carbocycles. The minimum Gasteiger partial charge on any atom is -0.456 e. The van der Waals surface area contributed by atoms with Crippen molar-refractivity contribution in [3.05, 3.63) is 179 Å². The highest BCUT2D eigenvalue weighted by molar-refractivity contribution is 7.02. The zero-order chi connectivity index (χ0) is 49.0. The fourth-order valence-electron chi connectivity index (χ4n) is 13.3. The van der Waals surface area contributed by atoms with Crippen LogP contribution in [0.3, 0.4) is 0 Å². The predicted molar refractivity (Wildman–Crippen MR) is 305 cm³/mol. The molecule has 11 aromatic rings. The Labute approximate surface area is 422 Å². The number of fused-ring (bicyclic) bond motifs is 16. The van der Waals surface area contributed by atoms with E-state index >= 15 is 0 Å². The van der Waals surface area contributed by atoms with Crippen LogP contribution < -0.4 is 42.3 Å². The van der Waals surface area contributed by atoms with Crippen LogP contribution in [0.5, 0.6) is 23.0 Å². The van der Waals surface area contributed by atoms with Gasteiger partial charge in [0.25, 0.3) is 13.4 Å². The van der Waals surface area contributed by atoms with Crippen molar-refractivity contribution in [1.29, 1.82) is 0 Å². The topological polar surface area (TPSA) is 28.3 Å². The van der Waals surface area contributed by atoms with E-state index in [1.807, 2.05) is 0 Å². The van der Waals surface area contributed by atoms with Crippen LogP contribution in [0.1, 0.15) is 74.9 Å². The van der Waals surface area contributed by atoms with Gasteiger partial charge in [-0.25, -0.2) is 0 Å². The first-order chi connectivity index (χ1) is 34.6. The molecule has 6 heterocycles. The van der Waals surface area contributed by atoms with Gasteiger partial charge in [-0.2, -0.15) is 0 Å². The van der Waals surface area contributed by atoms with Crippen molar-refractivity contribution in [2.45, 2.75) is 80.1 Å². The van der Waals surface area contributed by atoms with E-state index in [2.05, 4.69) is 224 Å². The van der Waals surface area contributed by atoms with Crippen molar-refractivity contribution >= 4 is 89.8 Å². The maximum Gasteiger partial charge on any atom is 0.256 e. The van der Waals surface area contributed by atoms with Crippen LogP contribution in [0.4, 0.5) is 0 Å². The molecule has 15 rings (SSSR count). The van der Waals surface area contributed by atoms with Gasteiger partial charge in [0.15, 0.2) is 0 Å². The first-order valence-electron chi connectivity index (χ1n) is 25.8. The van der Waals surface area contributed by atoms with E-state index < -0.39 is 0 Å². The van der Waals surface area contributed by atoms with Gasteiger partial charge in [-0.05, 0) is 142 Å². The summed E-state index contributed by atoms with van der Waals surface area (Å²) in [6.07, 6.45) is 0. The van der Waals surface area contributed by atoms with E-state index in [1.54, 1.807) is 0 Å². The molecule has 0 saturated heterocycles. The van der Waals surface area contributed by atoms with Gasteiger partial charge in [-0.15, -0.1) is 0 Å². The number of aryl methyl sites for hydroxylation is 4. The smallest absolute Gasteiger partial charge is 0.256 e. The Balaban J connectivity index is 1.09. The summed E-state index contributed by atoms with van der Waals surface area (Å²) >= 11 is 0. The van der Waals surface area contributed by atoms with E-state index in [9.17, 15) is 0 Å². The van der Waals surface area contributed by atoms with Gasteiger partial charge >= 0.3 is 0 Å². The molecule has 4 nitrogen and oxygen atoms in total. The van der Waals surface area contributed by atoms with Crippen molar-refractivity contribution in [2.75, 3.05) is 0 Å². The van der Waals surface area contributed by atoms with Crippen LogP contribution in [0.2, 0.25) is 0 Å². The maximum absolute atomic E-state index is 7.80. The molecule has 0 radical (unpaired) electrons. The fraction of sp³-hybridized carbons (Fsp3) is 0.182. The molecule has 4 aliphatic rings. The Morgan fingerprint density at radius 2 is 0.736 bits per heavy atom. The summed E-state index contributed by atoms with van der Waals surface area (Å²) in [4.78, 5) is 0. The first-order valence-corrected chi connectivity index (χ1v) is 25.8. The van der Waals surface area contributed by atoms with E-state index in [4.69, 9.17) is 9.47 Å². The van der Waals surface area contributed by atoms with Gasteiger partial charge in [0, 0.05) is 43.5 Å². The number of nitrogens with zero attached hydrogens (tertiary/aromatic N) is 2. The highest BCUT2D eigenvalue weighted by Crippen LogP contribution is 2.49. The van der Waals surface area contributed by atoms with Crippen LogP contribution in [0, 0.1) is 27.7 Å². The third-order valence-corrected chi connectivity index (χ3v) is 16.7. The van der Waals surface area contributed by atoms with E-state index in [0.29, 0.717) is 0 Å². The lowest BCUT2D eigenvalue weighted by molar-refractivity contribution is 0.472. The van der Waals surface area contributed by atoms with Gasteiger partial charge in [0.1, 0.15) is 23.0 Å². The van der Waals surface area contributed by atoms with Crippen molar-refractivity contribution in [1.82, 2.24) is 9.13 Å². The Hall–Kier alpha value is -7.69. The molecule has 0 aliphatic carbocycles. The Bertz CT molecular complexity index is 3990. The average molecular weight is 929 g/mol. The average Bonchev–Trinajstić information content (AvgIpc) is 3.84. The molecule has 346 valence electrons. The summed E-state index contributed by atoms with van der Waals surface area (Å²) in [5, 5.41) is 5.05. The number of hydrogen-bond acceptors (Lipinski definition) is 2. The van der Waals surface area contributed by atoms with E-state index in [1.165, 1.54) is 110 Å². The Kier molecular flexibility index (Phi) is 8.20. The number of hydrogen-bond donors (Lipinski definition) is 0. The molecule has 0 unspecified atom stereocenters. The maximum atomic E-state index is 7.80. The second kappa shape index (κ2) is 14.0. The Morgan fingerprint density at radius 1 is 0.361 bits per heavy atom. The van der Waals surface area contributed by atoms with Gasteiger partial charge < -0.3 is 18.6 Å². The second-order valence-electron chi connectivity index (χ2n) is 23.6. The molecule has 72 heavy (non-hydrogen) atoms. The van der Waals surface area contributed by atoms with Gasteiger partial charge in [-0.1, -0.05) is 161 Å². The molecule has 0 spiro atoms. The highest BCUT2D eigenvalue weighted by Gasteiger charge is 2.50. The van der Waals surface area contributed by atoms with Crippen molar-refractivity contribution in [2.24, 2.45) is 0 Å². The summed E-state index contributed by atoms with van der Waals surface area (Å²) < 4.78 is 20.7. The molecule has 2 aromatic heterocycles. The van der Waals surface area contributed by atoms with Crippen LogP contribution in [-0.2, 0) is 10.8 Å². The van der Waals surface area contributed by atoms with Crippen LogP contribution in [0.25, 0.3) is 77.2 Å². The quantitative estimate of drug-likeness (QED) is 0.162. The van der Waals surface area contributed by atoms with Crippen LogP contribution >= 0.6 is 0 Å². The molecule has 0 bridgehead atoms. The lowest BCUT2D eigenvalue weighted by atomic mass is 9.31. The lowest BCUT2D eigenvalue weighted by Gasteiger charge is -2.41. The standard InChI is InChI=1S/C66H54B2N2O2/c1-35-11-25-53-45(27-35)47-29-37(3)31-51-59(47)69(53)61-57-64(72-55-33-41(17-23-49(55)67(51)57)39-13-19-43(20-14-39)65(5,6)7)62-58-63(61)71-56-34-42(40-15-21-44(22-16-40)66(8,9)10)18-24-50(56)68(58)52-32-38(4)30-48-46-28-36(2)12-26-54(46)70(62)60(48)52/h11-34H,1-10H3. The zero-order valence-corrected chi connectivity index (χ0v) is 42.7. The van der Waals surface area contributed by atoms with Crippen molar-refractivity contribution in [3.8, 4) is 56.6 Å². The normalized spacial score (nSPS) is 13.9. The van der Waals surface area contributed by atoms with Crippen molar-refractivity contribution < 1.29 is 9.47 Å². The summed E-state index contributed by atoms with van der Waals surface area (Å²) in [7, 11) is 0. The summed E-state index contributed by atoms with van der Waals surface area (Å²) in [6.45, 7) is 22.3. The second-order valence-corrected chi connectivity index (χ2v) is 23.6. The molecule has 0 fully saturated rings. The highest BCUT2D eigenvalue weighted by atomic mass is 16.5. The first kappa shape index (κ1) is 42.0. The van der Waals surface area contributed by atoms with Gasteiger partial charge in [-0.3, -0.25) is 0 Å². The summed E-state index contributed by atoms with van der Waals surface area (Å²) in [6, 6.07) is 55.8.